The molecule has 0 spiro atoms. The van der Waals surface area contributed by atoms with E-state index in [1.54, 1.807) is 31.4 Å². The normalized spacial score (nSPS) is 21.8. The summed E-state index contributed by atoms with van der Waals surface area (Å²) in [5.41, 5.74) is 0.641. The van der Waals surface area contributed by atoms with Gasteiger partial charge in [0, 0.05) is 12.1 Å². The Morgan fingerprint density at radius 1 is 1.24 bits per heavy atom. The van der Waals surface area contributed by atoms with Crippen molar-refractivity contribution in [3.8, 4) is 5.75 Å². The van der Waals surface area contributed by atoms with Gasteiger partial charge in [-0.1, -0.05) is 19.8 Å². The summed E-state index contributed by atoms with van der Waals surface area (Å²) in [5, 5.41) is 2.89. The molecule has 0 bridgehead atoms. The van der Waals surface area contributed by atoms with Gasteiger partial charge < -0.3 is 14.8 Å². The van der Waals surface area contributed by atoms with E-state index in [2.05, 4.69) is 12.2 Å². The topological polar surface area (TPSA) is 47.6 Å². The van der Waals surface area contributed by atoms with E-state index in [1.807, 2.05) is 0 Å². The molecule has 1 amide bonds. The Morgan fingerprint density at radius 3 is 2.62 bits per heavy atom. The number of amides is 1. The number of nitrogens with one attached hydrogen (secondary N) is 1. The molecule has 0 aromatic heterocycles. The highest BCUT2D eigenvalue weighted by Gasteiger charge is 2.21. The Morgan fingerprint density at radius 2 is 1.95 bits per heavy atom. The van der Waals surface area contributed by atoms with E-state index >= 15 is 0 Å². The molecule has 0 unspecified atom stereocenters. The van der Waals surface area contributed by atoms with E-state index in [4.69, 9.17) is 9.47 Å². The van der Waals surface area contributed by atoms with Gasteiger partial charge in [0.2, 0.25) is 0 Å². The van der Waals surface area contributed by atoms with Crippen molar-refractivity contribution in [2.75, 3.05) is 20.3 Å². The molecule has 4 heteroatoms. The van der Waals surface area contributed by atoms with Crippen LogP contribution in [0.15, 0.2) is 24.3 Å². The maximum atomic E-state index is 12.0. The fourth-order valence-electron chi connectivity index (χ4n) is 2.75. The highest BCUT2D eigenvalue weighted by atomic mass is 16.5. The first-order valence-corrected chi connectivity index (χ1v) is 7.74. The molecule has 4 nitrogen and oxygen atoms in total. The van der Waals surface area contributed by atoms with Crippen LogP contribution in [0.5, 0.6) is 5.75 Å². The number of hydrogen-bond donors (Lipinski definition) is 1. The Balaban J connectivity index is 1.68. The zero-order valence-corrected chi connectivity index (χ0v) is 12.9. The van der Waals surface area contributed by atoms with Crippen molar-refractivity contribution in [3.05, 3.63) is 29.8 Å². The molecule has 2 atom stereocenters. The van der Waals surface area contributed by atoms with Gasteiger partial charge >= 0.3 is 0 Å². The van der Waals surface area contributed by atoms with E-state index in [0.29, 0.717) is 30.7 Å². The molecule has 1 aromatic rings. The second-order valence-electron chi connectivity index (χ2n) is 5.66. The van der Waals surface area contributed by atoms with Crippen LogP contribution in [0.2, 0.25) is 0 Å². The molecule has 0 heterocycles. The van der Waals surface area contributed by atoms with Crippen molar-refractivity contribution in [2.24, 2.45) is 5.92 Å². The number of hydrogen-bond acceptors (Lipinski definition) is 3. The third-order valence-corrected chi connectivity index (χ3v) is 4.10. The van der Waals surface area contributed by atoms with Crippen LogP contribution in [-0.4, -0.2) is 32.3 Å². The van der Waals surface area contributed by atoms with Gasteiger partial charge in [0.1, 0.15) is 5.75 Å². The molecule has 0 saturated heterocycles. The van der Waals surface area contributed by atoms with Crippen LogP contribution < -0.4 is 10.1 Å². The van der Waals surface area contributed by atoms with Crippen LogP contribution in [-0.2, 0) is 4.74 Å². The SMILES string of the molecule is COc1ccc(C(=O)NCCO[C@@H]2CCCC[C@@H]2C)cc1. The summed E-state index contributed by atoms with van der Waals surface area (Å²) in [5.74, 6) is 1.31. The van der Waals surface area contributed by atoms with Gasteiger partial charge in [0.15, 0.2) is 0 Å². The van der Waals surface area contributed by atoms with E-state index in [1.165, 1.54) is 19.3 Å². The summed E-state index contributed by atoms with van der Waals surface area (Å²) >= 11 is 0. The fourth-order valence-corrected chi connectivity index (χ4v) is 2.75. The number of carbonyl (C=O) groups excluding carboxylic acids is 1. The average Bonchev–Trinajstić information content (AvgIpc) is 2.53. The molecule has 2 rings (SSSR count). The largest absolute Gasteiger partial charge is 0.497 e. The Bertz CT molecular complexity index is 444. The molecule has 0 aliphatic heterocycles. The summed E-state index contributed by atoms with van der Waals surface area (Å²) in [7, 11) is 1.61. The maximum Gasteiger partial charge on any atom is 0.251 e. The lowest BCUT2D eigenvalue weighted by Gasteiger charge is -2.28. The van der Waals surface area contributed by atoms with Crippen molar-refractivity contribution in [2.45, 2.75) is 38.7 Å². The number of rotatable bonds is 6. The minimum absolute atomic E-state index is 0.0713. The minimum atomic E-state index is -0.0713. The molecular formula is C17H25NO3. The molecule has 0 radical (unpaired) electrons. The van der Waals surface area contributed by atoms with Crippen LogP contribution in [0.3, 0.4) is 0 Å². The first-order chi connectivity index (χ1) is 10.2. The predicted molar refractivity (Wildman–Crippen MR) is 82.7 cm³/mol. The molecule has 1 aromatic carbocycles. The van der Waals surface area contributed by atoms with Gasteiger partial charge in [-0.3, -0.25) is 4.79 Å². The van der Waals surface area contributed by atoms with Crippen molar-refractivity contribution < 1.29 is 14.3 Å². The highest BCUT2D eigenvalue weighted by Crippen LogP contribution is 2.25. The molecule has 1 fully saturated rings. The fraction of sp³-hybridized carbons (Fsp3) is 0.588. The standard InChI is InChI=1S/C17H25NO3/c1-13-5-3-4-6-16(13)21-12-11-18-17(19)14-7-9-15(20-2)10-8-14/h7-10,13,16H,3-6,11-12H2,1-2H3,(H,18,19)/t13-,16+/m0/s1. The molecule has 116 valence electrons. The second kappa shape index (κ2) is 8.03. The minimum Gasteiger partial charge on any atom is -0.497 e. The van der Waals surface area contributed by atoms with Gasteiger partial charge in [-0.15, -0.1) is 0 Å². The number of carbonyl (C=O) groups is 1. The summed E-state index contributed by atoms with van der Waals surface area (Å²) in [4.78, 5) is 12.0. The van der Waals surface area contributed by atoms with Crippen LogP contribution in [0, 0.1) is 5.92 Å². The smallest absolute Gasteiger partial charge is 0.251 e. The summed E-state index contributed by atoms with van der Waals surface area (Å²) in [6.45, 7) is 3.38. The van der Waals surface area contributed by atoms with Gasteiger partial charge in [-0.25, -0.2) is 0 Å². The Kier molecular flexibility index (Phi) is 6.05. The van der Waals surface area contributed by atoms with Crippen LogP contribution in [0.25, 0.3) is 0 Å². The predicted octanol–water partition coefficient (Wildman–Crippen LogP) is 3.02. The monoisotopic (exact) mass is 291 g/mol. The van der Waals surface area contributed by atoms with Gasteiger partial charge in [0.05, 0.1) is 19.8 Å². The van der Waals surface area contributed by atoms with Gasteiger partial charge in [-0.05, 0) is 43.0 Å². The zero-order chi connectivity index (χ0) is 15.1. The van der Waals surface area contributed by atoms with Crippen molar-refractivity contribution in [1.29, 1.82) is 0 Å². The van der Waals surface area contributed by atoms with Crippen molar-refractivity contribution in [3.63, 3.8) is 0 Å². The summed E-state index contributed by atoms with van der Waals surface area (Å²) in [6.07, 6.45) is 5.33. The van der Waals surface area contributed by atoms with Crippen LogP contribution in [0.1, 0.15) is 43.0 Å². The molecule has 1 saturated carbocycles. The van der Waals surface area contributed by atoms with Crippen LogP contribution in [0.4, 0.5) is 0 Å². The lowest BCUT2D eigenvalue weighted by Crippen LogP contribution is -2.31. The molecule has 1 aliphatic carbocycles. The van der Waals surface area contributed by atoms with Crippen LogP contribution >= 0.6 is 0 Å². The maximum absolute atomic E-state index is 12.0. The average molecular weight is 291 g/mol. The Hall–Kier alpha value is -1.55. The third-order valence-electron chi connectivity index (χ3n) is 4.10. The number of methoxy groups -OCH3 is 1. The first-order valence-electron chi connectivity index (χ1n) is 7.74. The van der Waals surface area contributed by atoms with Crippen molar-refractivity contribution in [1.82, 2.24) is 5.32 Å². The number of ether oxygens (including phenoxy) is 2. The number of benzene rings is 1. The summed E-state index contributed by atoms with van der Waals surface area (Å²) < 4.78 is 11.0. The second-order valence-corrected chi connectivity index (χ2v) is 5.66. The molecule has 1 aliphatic rings. The lowest BCUT2D eigenvalue weighted by molar-refractivity contribution is -0.00293. The van der Waals surface area contributed by atoms with E-state index in [9.17, 15) is 4.79 Å². The molecular weight excluding hydrogens is 266 g/mol. The molecule has 1 N–H and O–H groups in total. The van der Waals surface area contributed by atoms with Gasteiger partial charge in [0.25, 0.3) is 5.91 Å². The zero-order valence-electron chi connectivity index (χ0n) is 12.9. The van der Waals surface area contributed by atoms with Crippen molar-refractivity contribution >= 4 is 5.91 Å². The van der Waals surface area contributed by atoms with E-state index < -0.39 is 0 Å². The van der Waals surface area contributed by atoms with E-state index in [-0.39, 0.29) is 5.91 Å². The van der Waals surface area contributed by atoms with E-state index in [0.717, 1.165) is 12.2 Å². The quantitative estimate of drug-likeness (QED) is 0.820. The molecule has 21 heavy (non-hydrogen) atoms. The third kappa shape index (κ3) is 4.74. The van der Waals surface area contributed by atoms with Gasteiger partial charge in [-0.2, -0.15) is 0 Å². The highest BCUT2D eigenvalue weighted by molar-refractivity contribution is 5.94. The lowest BCUT2D eigenvalue weighted by atomic mass is 9.88. The first kappa shape index (κ1) is 15.8. The summed E-state index contributed by atoms with van der Waals surface area (Å²) in [6, 6.07) is 7.10. The Labute approximate surface area is 126 Å².